The minimum absolute atomic E-state index is 0.991. The first-order valence-electron chi connectivity index (χ1n) is 2.66. The van der Waals surface area contributed by atoms with Crippen LogP contribution in [0.5, 0.6) is 0 Å². The molecule has 0 fully saturated rings. The number of alkyl halides is 1. The predicted octanol–water partition coefficient (Wildman–Crippen LogP) is -0.837. The summed E-state index contributed by atoms with van der Waals surface area (Å²) in [5, 5.41) is 35.5. The van der Waals surface area contributed by atoms with Gasteiger partial charge in [0, 0.05) is 20.9 Å². The third-order valence-electron chi connectivity index (χ3n) is 1.07. The zero-order valence-electron chi connectivity index (χ0n) is 5.68. The van der Waals surface area contributed by atoms with Gasteiger partial charge in [0.15, 0.2) is 0 Å². The number of aliphatic hydroxyl groups excluding tert-OH is 2. The molecule has 0 aliphatic carbocycles. The number of ether oxygens (including phenoxy) is 1. The van der Waals surface area contributed by atoms with Crippen molar-refractivity contribution < 1.29 is 19.9 Å². The van der Waals surface area contributed by atoms with Crippen LogP contribution in [0.3, 0.4) is 0 Å². The van der Waals surface area contributed by atoms with Crippen LogP contribution in [-0.4, -0.2) is 32.5 Å². The molecule has 0 aromatic rings. The summed E-state index contributed by atoms with van der Waals surface area (Å²) >= 11 is 2.44. The van der Waals surface area contributed by atoms with Gasteiger partial charge in [0.1, 0.15) is 6.61 Å². The van der Waals surface area contributed by atoms with Crippen LogP contribution >= 0.6 is 15.9 Å². The third-order valence-corrected chi connectivity index (χ3v) is 2.00. The van der Waals surface area contributed by atoms with Gasteiger partial charge in [-0.15, -0.1) is 0 Å². The van der Waals surface area contributed by atoms with E-state index < -0.39 is 22.3 Å². The minimum atomic E-state index is -2.25. The molecule has 0 spiro atoms. The van der Waals surface area contributed by atoms with Gasteiger partial charge in [-0.3, -0.25) is 10.1 Å². The molecule has 0 heterocycles. The molecule has 2 N–H and O–H groups in total. The van der Waals surface area contributed by atoms with Gasteiger partial charge >= 0.3 is 4.45 Å². The van der Waals surface area contributed by atoms with Gasteiger partial charge in [-0.05, 0) is 0 Å². The third kappa shape index (κ3) is 2.04. The molecule has 2 unspecified atom stereocenters. The molecular formula is C4H5BrN2O5. The molecule has 0 saturated heterocycles. The lowest BCUT2D eigenvalue weighted by molar-refractivity contribution is -0.562. The molecule has 7 nitrogen and oxygen atoms in total. The van der Waals surface area contributed by atoms with Crippen LogP contribution in [0, 0.1) is 21.6 Å². The van der Waals surface area contributed by atoms with Crippen LogP contribution in [0.25, 0.3) is 0 Å². The van der Waals surface area contributed by atoms with Crippen molar-refractivity contribution >= 4 is 15.9 Å². The highest BCUT2D eigenvalue weighted by molar-refractivity contribution is 9.10. The van der Waals surface area contributed by atoms with Crippen molar-refractivity contribution in [2.75, 3.05) is 6.61 Å². The highest BCUT2D eigenvalue weighted by Crippen LogP contribution is 2.23. The Morgan fingerprint density at radius 1 is 1.92 bits per heavy atom. The summed E-state index contributed by atoms with van der Waals surface area (Å²) in [4.78, 5) is 9.23. The number of rotatable bonds is 4. The smallest absolute Gasteiger partial charge is 0.358 e. The fraction of sp³-hybridized carbons (Fsp3) is 0.750. The molecule has 0 aliphatic rings. The average molecular weight is 241 g/mol. The minimum Gasteiger partial charge on any atom is -0.388 e. The van der Waals surface area contributed by atoms with E-state index in [2.05, 4.69) is 20.7 Å². The Morgan fingerprint density at radius 3 is 2.67 bits per heavy atom. The topological polar surface area (TPSA) is 117 Å². The van der Waals surface area contributed by atoms with Crippen molar-refractivity contribution in [2.24, 2.45) is 0 Å². The maximum absolute atomic E-state index is 10.2. The maximum Gasteiger partial charge on any atom is 0.358 e. The zero-order chi connectivity index (χ0) is 9.78. The lowest BCUT2D eigenvalue weighted by Gasteiger charge is -2.18. The molecular weight excluding hydrogens is 236 g/mol. The zero-order valence-corrected chi connectivity index (χ0v) is 7.26. The summed E-state index contributed by atoms with van der Waals surface area (Å²) in [5.74, 6) is 0. The molecule has 68 valence electrons. The molecule has 0 bridgehead atoms. The van der Waals surface area contributed by atoms with E-state index in [-0.39, 0.29) is 0 Å². The van der Waals surface area contributed by atoms with Gasteiger partial charge < -0.3 is 14.9 Å². The normalized spacial score (nSPS) is 17.2. The summed E-state index contributed by atoms with van der Waals surface area (Å²) in [6, 6.07) is 0. The van der Waals surface area contributed by atoms with Crippen molar-refractivity contribution in [3.05, 3.63) is 10.1 Å². The Kier molecular flexibility index (Phi) is 3.88. The van der Waals surface area contributed by atoms with Crippen LogP contribution in [0.1, 0.15) is 0 Å². The molecule has 0 amide bonds. The standard InChI is InChI=1S/C4H5BrN2O5/c5-4(1-8,7(10)11)3(9)12-2-6/h3,8-9H,1H2. The van der Waals surface area contributed by atoms with Gasteiger partial charge in [-0.25, -0.2) is 0 Å². The molecule has 0 aromatic carbocycles. The number of nitro groups is 1. The number of hydrogen-bond acceptors (Lipinski definition) is 6. The van der Waals surface area contributed by atoms with Gasteiger partial charge in [-0.2, -0.15) is 5.26 Å². The first-order chi connectivity index (χ1) is 5.49. The fourth-order valence-corrected chi connectivity index (χ4v) is 0.460. The molecule has 0 aliphatic heterocycles. The monoisotopic (exact) mass is 240 g/mol. The second kappa shape index (κ2) is 4.20. The van der Waals surface area contributed by atoms with E-state index in [0.717, 1.165) is 6.26 Å². The van der Waals surface area contributed by atoms with Crippen LogP contribution in [0.2, 0.25) is 0 Å². The Morgan fingerprint density at radius 2 is 2.42 bits per heavy atom. The van der Waals surface area contributed by atoms with Crippen molar-refractivity contribution in [1.82, 2.24) is 0 Å². The van der Waals surface area contributed by atoms with Crippen molar-refractivity contribution in [1.29, 1.82) is 5.26 Å². The van der Waals surface area contributed by atoms with Crippen LogP contribution in [0.4, 0.5) is 0 Å². The van der Waals surface area contributed by atoms with E-state index in [1.165, 1.54) is 0 Å². The summed E-state index contributed by atoms with van der Waals surface area (Å²) in [6.07, 6.45) is -0.959. The Balaban J connectivity index is 4.53. The predicted molar refractivity (Wildman–Crippen MR) is 38.4 cm³/mol. The highest BCUT2D eigenvalue weighted by atomic mass is 79.9. The Labute approximate surface area is 75.4 Å². The van der Waals surface area contributed by atoms with Gasteiger partial charge in [-0.1, -0.05) is 0 Å². The summed E-state index contributed by atoms with van der Waals surface area (Å²) in [6.45, 7) is -0.997. The quantitative estimate of drug-likeness (QED) is 0.165. The van der Waals surface area contributed by atoms with E-state index in [1.807, 2.05) is 0 Å². The van der Waals surface area contributed by atoms with Gasteiger partial charge in [0.05, 0.1) is 0 Å². The van der Waals surface area contributed by atoms with Crippen molar-refractivity contribution in [3.63, 3.8) is 0 Å². The van der Waals surface area contributed by atoms with E-state index in [4.69, 9.17) is 15.5 Å². The molecule has 2 atom stereocenters. The van der Waals surface area contributed by atoms with Crippen LogP contribution in [-0.2, 0) is 4.74 Å². The summed E-state index contributed by atoms with van der Waals surface area (Å²) in [5.41, 5.74) is 0. The second-order valence-electron chi connectivity index (χ2n) is 1.80. The molecule has 0 aromatic heterocycles. The first kappa shape index (κ1) is 11.1. The van der Waals surface area contributed by atoms with Gasteiger partial charge in [0.2, 0.25) is 0 Å². The number of aliphatic hydroxyl groups is 2. The van der Waals surface area contributed by atoms with E-state index in [0.29, 0.717) is 0 Å². The van der Waals surface area contributed by atoms with E-state index in [9.17, 15) is 10.1 Å². The largest absolute Gasteiger partial charge is 0.388 e. The average Bonchev–Trinajstić information content (AvgIpc) is 2.03. The molecule has 12 heavy (non-hydrogen) atoms. The molecule has 8 heteroatoms. The van der Waals surface area contributed by atoms with E-state index >= 15 is 0 Å². The lowest BCUT2D eigenvalue weighted by Crippen LogP contribution is -2.47. The number of nitriles is 1. The first-order valence-corrected chi connectivity index (χ1v) is 3.45. The molecule has 0 saturated carbocycles. The SMILES string of the molecule is N#COC(O)C(Br)(CO)[N+](=O)[O-]. The van der Waals surface area contributed by atoms with Crippen molar-refractivity contribution in [2.45, 2.75) is 10.7 Å². The molecule has 0 radical (unpaired) electrons. The summed E-state index contributed by atoms with van der Waals surface area (Å²) in [7, 11) is 0. The summed E-state index contributed by atoms with van der Waals surface area (Å²) < 4.78 is 1.62. The van der Waals surface area contributed by atoms with Crippen molar-refractivity contribution in [3.8, 4) is 6.26 Å². The fourth-order valence-electron chi connectivity index (χ4n) is 0.366. The van der Waals surface area contributed by atoms with E-state index in [1.54, 1.807) is 0 Å². The second-order valence-corrected chi connectivity index (χ2v) is 3.17. The molecule has 0 rings (SSSR count). The Bertz CT molecular complexity index is 216. The Hall–Kier alpha value is -0.910. The lowest BCUT2D eigenvalue weighted by atomic mass is 10.3. The van der Waals surface area contributed by atoms with Gasteiger partial charge in [0.25, 0.3) is 12.5 Å². The maximum atomic E-state index is 10.2. The van der Waals surface area contributed by atoms with Crippen LogP contribution in [0.15, 0.2) is 0 Å². The van der Waals surface area contributed by atoms with Crippen LogP contribution < -0.4 is 0 Å². The number of hydrogen-bond donors (Lipinski definition) is 2. The number of nitrogens with zero attached hydrogens (tertiary/aromatic N) is 2. The number of halogens is 1. The highest BCUT2D eigenvalue weighted by Gasteiger charge is 2.49.